The molecule has 29 heavy (non-hydrogen) atoms. The van der Waals surface area contributed by atoms with E-state index >= 15 is 0 Å². The van der Waals surface area contributed by atoms with E-state index in [0.717, 1.165) is 21.5 Å². The Morgan fingerprint density at radius 3 is 2.55 bits per heavy atom. The van der Waals surface area contributed by atoms with Gasteiger partial charge in [-0.15, -0.1) is 0 Å². The predicted molar refractivity (Wildman–Crippen MR) is 113 cm³/mol. The van der Waals surface area contributed by atoms with Gasteiger partial charge in [0.05, 0.1) is 18.9 Å². The van der Waals surface area contributed by atoms with Crippen molar-refractivity contribution in [2.75, 3.05) is 7.11 Å². The topological polar surface area (TPSA) is 91.2 Å². The van der Waals surface area contributed by atoms with Crippen LogP contribution in [0, 0.1) is 0 Å². The molecule has 0 aromatic heterocycles. The third kappa shape index (κ3) is 3.55. The van der Waals surface area contributed by atoms with Gasteiger partial charge in [0.2, 0.25) is 0 Å². The van der Waals surface area contributed by atoms with Crippen LogP contribution in [0.3, 0.4) is 0 Å². The number of hydrogen-bond acceptors (Lipinski definition) is 5. The first kappa shape index (κ1) is 18.3. The molecule has 0 bridgehead atoms. The number of phenolic OH excluding ortho intramolecular Hbond substituents is 2. The summed E-state index contributed by atoms with van der Waals surface area (Å²) in [4.78, 5) is 12.5. The van der Waals surface area contributed by atoms with Gasteiger partial charge < -0.3 is 14.9 Å². The molecule has 0 radical (unpaired) electrons. The van der Waals surface area contributed by atoms with Crippen molar-refractivity contribution in [1.29, 1.82) is 0 Å². The Kier molecular flexibility index (Phi) is 4.75. The average Bonchev–Trinajstić information content (AvgIpc) is 2.74. The lowest BCUT2D eigenvalue weighted by atomic mass is 10.0. The average molecular weight is 386 g/mol. The van der Waals surface area contributed by atoms with Gasteiger partial charge in [0, 0.05) is 5.56 Å². The molecule has 4 aromatic carbocycles. The Hall–Kier alpha value is -4.06. The number of hydrogen-bond donors (Lipinski definition) is 3. The Balaban J connectivity index is 1.62. The Morgan fingerprint density at radius 1 is 0.931 bits per heavy atom. The van der Waals surface area contributed by atoms with Gasteiger partial charge in [-0.2, -0.15) is 5.10 Å². The highest BCUT2D eigenvalue weighted by Crippen LogP contribution is 2.28. The maximum absolute atomic E-state index is 12.5. The van der Waals surface area contributed by atoms with Crippen LogP contribution in [0.5, 0.6) is 17.2 Å². The number of nitrogens with one attached hydrogen (secondary N) is 1. The number of methoxy groups -OCH3 is 1. The molecule has 0 aliphatic rings. The normalized spacial score (nSPS) is 11.2. The summed E-state index contributed by atoms with van der Waals surface area (Å²) in [5.41, 5.74) is 2.99. The number of nitrogens with zero attached hydrogens (tertiary/aromatic N) is 1. The minimum Gasteiger partial charge on any atom is -0.507 e. The summed E-state index contributed by atoms with van der Waals surface area (Å²) < 4.78 is 5.20. The molecule has 0 spiro atoms. The van der Waals surface area contributed by atoms with E-state index in [4.69, 9.17) is 4.74 Å². The molecule has 144 valence electrons. The number of amides is 1. The van der Waals surface area contributed by atoms with Crippen molar-refractivity contribution in [3.8, 4) is 17.2 Å². The summed E-state index contributed by atoms with van der Waals surface area (Å²) in [5.74, 6) is -0.00656. The number of carbonyl (C=O) groups is 1. The minimum atomic E-state index is -0.566. The van der Waals surface area contributed by atoms with Crippen LogP contribution < -0.4 is 10.2 Å². The zero-order chi connectivity index (χ0) is 20.4. The zero-order valence-electron chi connectivity index (χ0n) is 15.6. The van der Waals surface area contributed by atoms with Crippen LogP contribution in [-0.4, -0.2) is 29.4 Å². The molecule has 3 N–H and O–H groups in total. The fourth-order valence-corrected chi connectivity index (χ4v) is 3.21. The molecule has 0 heterocycles. The lowest BCUT2D eigenvalue weighted by molar-refractivity contribution is 0.0952. The molecule has 4 aromatic rings. The Labute approximate surface area is 166 Å². The number of carbonyl (C=O) groups excluding carboxylic acids is 1. The van der Waals surface area contributed by atoms with E-state index < -0.39 is 5.91 Å². The van der Waals surface area contributed by atoms with Gasteiger partial charge in [0.25, 0.3) is 5.91 Å². The smallest absolute Gasteiger partial charge is 0.275 e. The highest BCUT2D eigenvalue weighted by atomic mass is 16.5. The molecule has 0 atom stereocenters. The highest BCUT2D eigenvalue weighted by Gasteiger charge is 2.13. The fourth-order valence-electron chi connectivity index (χ4n) is 3.21. The van der Waals surface area contributed by atoms with E-state index in [-0.39, 0.29) is 17.1 Å². The standard InChI is InChI=1S/C23H18N2O4/c1-29-17-8-6-15-12-22(27)19(11-16(15)10-17)23(28)25-24-13-20-18-5-3-2-4-14(18)7-9-21(20)26/h2-13,26-27H,1H3,(H,25,28)/b24-13+. The fraction of sp³-hybridized carbons (Fsp3) is 0.0435. The van der Waals surface area contributed by atoms with E-state index in [0.29, 0.717) is 11.3 Å². The maximum atomic E-state index is 12.5. The second kappa shape index (κ2) is 7.52. The molecule has 6 heteroatoms. The van der Waals surface area contributed by atoms with E-state index in [9.17, 15) is 15.0 Å². The number of phenols is 2. The van der Waals surface area contributed by atoms with Crippen molar-refractivity contribution in [1.82, 2.24) is 5.43 Å². The molecule has 6 nitrogen and oxygen atoms in total. The van der Waals surface area contributed by atoms with Gasteiger partial charge in [0.1, 0.15) is 17.2 Å². The number of benzene rings is 4. The summed E-state index contributed by atoms with van der Waals surface area (Å²) in [6, 6.07) is 19.4. The molecule has 0 aliphatic carbocycles. The summed E-state index contributed by atoms with van der Waals surface area (Å²) in [7, 11) is 1.56. The van der Waals surface area contributed by atoms with Crippen molar-refractivity contribution in [3.05, 3.63) is 77.9 Å². The monoisotopic (exact) mass is 386 g/mol. The first-order chi connectivity index (χ1) is 14.1. The molecule has 0 saturated carbocycles. The Bertz CT molecular complexity index is 1260. The first-order valence-corrected chi connectivity index (χ1v) is 8.91. The number of hydrazone groups is 1. The summed E-state index contributed by atoms with van der Waals surface area (Å²) in [6.45, 7) is 0. The van der Waals surface area contributed by atoms with Crippen LogP contribution in [0.15, 0.2) is 71.8 Å². The van der Waals surface area contributed by atoms with Crippen LogP contribution in [0.4, 0.5) is 0 Å². The van der Waals surface area contributed by atoms with E-state index in [2.05, 4.69) is 10.5 Å². The molecular formula is C23H18N2O4. The van der Waals surface area contributed by atoms with Crippen LogP contribution >= 0.6 is 0 Å². The van der Waals surface area contributed by atoms with Gasteiger partial charge in [0.15, 0.2) is 0 Å². The van der Waals surface area contributed by atoms with Crippen molar-refractivity contribution in [2.45, 2.75) is 0 Å². The van der Waals surface area contributed by atoms with Gasteiger partial charge in [-0.3, -0.25) is 4.79 Å². The van der Waals surface area contributed by atoms with Crippen LogP contribution in [0.1, 0.15) is 15.9 Å². The molecular weight excluding hydrogens is 368 g/mol. The van der Waals surface area contributed by atoms with E-state index in [1.807, 2.05) is 30.3 Å². The third-order valence-electron chi connectivity index (χ3n) is 4.71. The highest BCUT2D eigenvalue weighted by molar-refractivity contribution is 6.04. The zero-order valence-corrected chi connectivity index (χ0v) is 15.6. The van der Waals surface area contributed by atoms with Crippen LogP contribution in [0.25, 0.3) is 21.5 Å². The number of rotatable bonds is 4. The minimum absolute atomic E-state index is 0.0577. The summed E-state index contributed by atoms with van der Waals surface area (Å²) in [6.07, 6.45) is 1.39. The SMILES string of the molecule is COc1ccc2cc(O)c(C(=O)N/N=C/c3c(O)ccc4ccccc34)cc2c1. The summed E-state index contributed by atoms with van der Waals surface area (Å²) in [5, 5.41) is 27.6. The predicted octanol–water partition coefficient (Wildman–Crippen LogP) is 4.18. The second-order valence-electron chi connectivity index (χ2n) is 6.50. The first-order valence-electron chi connectivity index (χ1n) is 8.91. The molecule has 1 amide bonds. The van der Waals surface area contributed by atoms with Crippen LogP contribution in [0.2, 0.25) is 0 Å². The van der Waals surface area contributed by atoms with Gasteiger partial charge in [-0.1, -0.05) is 36.4 Å². The number of fused-ring (bicyclic) bond motifs is 2. The maximum Gasteiger partial charge on any atom is 0.275 e. The summed E-state index contributed by atoms with van der Waals surface area (Å²) >= 11 is 0. The van der Waals surface area contributed by atoms with Crippen molar-refractivity contribution < 1.29 is 19.7 Å². The van der Waals surface area contributed by atoms with Gasteiger partial charge >= 0.3 is 0 Å². The van der Waals surface area contributed by atoms with Crippen molar-refractivity contribution >= 4 is 33.7 Å². The van der Waals surface area contributed by atoms with Crippen molar-refractivity contribution in [3.63, 3.8) is 0 Å². The molecule has 0 aliphatic heterocycles. The molecule has 0 unspecified atom stereocenters. The van der Waals surface area contributed by atoms with Gasteiger partial charge in [-0.25, -0.2) is 5.43 Å². The third-order valence-corrected chi connectivity index (χ3v) is 4.71. The second-order valence-corrected chi connectivity index (χ2v) is 6.50. The lowest BCUT2D eigenvalue weighted by Gasteiger charge is -2.08. The Morgan fingerprint density at radius 2 is 1.72 bits per heavy atom. The van der Waals surface area contributed by atoms with Crippen molar-refractivity contribution in [2.24, 2.45) is 5.10 Å². The van der Waals surface area contributed by atoms with Gasteiger partial charge in [-0.05, 0) is 51.9 Å². The molecule has 0 saturated heterocycles. The lowest BCUT2D eigenvalue weighted by Crippen LogP contribution is -2.17. The molecule has 0 fully saturated rings. The number of aromatic hydroxyl groups is 2. The van der Waals surface area contributed by atoms with E-state index in [1.165, 1.54) is 12.3 Å². The molecule has 4 rings (SSSR count). The number of ether oxygens (including phenoxy) is 1. The van der Waals surface area contributed by atoms with Crippen LogP contribution in [-0.2, 0) is 0 Å². The van der Waals surface area contributed by atoms with E-state index in [1.54, 1.807) is 37.4 Å². The quantitative estimate of drug-likeness (QED) is 0.362. The largest absolute Gasteiger partial charge is 0.507 e.